The lowest BCUT2D eigenvalue weighted by Gasteiger charge is -2.03. The molecule has 0 aromatic carbocycles. The SMILES string of the molecule is [C]1=C/C=C/C=C\C=C\C=C\CCCCCCCCCCCCCCCC/1. The number of hydrogen-bond acceptors (Lipinski definition) is 0. The quantitative estimate of drug-likeness (QED) is 0.408. The van der Waals surface area contributed by atoms with Crippen LogP contribution in [0.1, 0.15) is 103 Å². The van der Waals surface area contributed by atoms with E-state index in [0.717, 1.165) is 6.42 Å². The van der Waals surface area contributed by atoms with Crippen molar-refractivity contribution in [3.05, 3.63) is 60.8 Å². The van der Waals surface area contributed by atoms with Crippen LogP contribution < -0.4 is 0 Å². The summed E-state index contributed by atoms with van der Waals surface area (Å²) in [5.74, 6) is 0. The van der Waals surface area contributed by atoms with E-state index in [1.807, 2.05) is 0 Å². The van der Waals surface area contributed by atoms with Crippen molar-refractivity contribution in [3.8, 4) is 0 Å². The molecule has 1 aliphatic carbocycles. The summed E-state index contributed by atoms with van der Waals surface area (Å²) in [6, 6.07) is 0. The summed E-state index contributed by atoms with van der Waals surface area (Å²) in [6.45, 7) is 0. The monoisotopic (exact) mass is 353 g/mol. The highest BCUT2D eigenvalue weighted by molar-refractivity contribution is 5.17. The lowest BCUT2D eigenvalue weighted by atomic mass is 10.0. The first-order valence-corrected chi connectivity index (χ1v) is 11.2. The molecule has 0 aromatic heterocycles. The maximum Gasteiger partial charge on any atom is -0.0276 e. The molecule has 0 spiro atoms. The van der Waals surface area contributed by atoms with Crippen LogP contribution in [0.15, 0.2) is 54.7 Å². The zero-order valence-corrected chi connectivity index (χ0v) is 17.0. The Morgan fingerprint density at radius 2 is 0.808 bits per heavy atom. The molecule has 1 aliphatic rings. The van der Waals surface area contributed by atoms with Crippen LogP contribution in [0.25, 0.3) is 0 Å². The Balaban J connectivity index is 2.23. The van der Waals surface area contributed by atoms with Crippen LogP contribution in [-0.4, -0.2) is 0 Å². The molecule has 26 heavy (non-hydrogen) atoms. The Kier molecular flexibility index (Phi) is 17.5. The molecule has 1 radical (unpaired) electrons. The van der Waals surface area contributed by atoms with Crippen LogP contribution in [-0.2, 0) is 0 Å². The minimum absolute atomic E-state index is 1.10. The summed E-state index contributed by atoms with van der Waals surface area (Å²) < 4.78 is 0. The lowest BCUT2D eigenvalue weighted by molar-refractivity contribution is 0.534. The first-order valence-electron chi connectivity index (χ1n) is 11.2. The fourth-order valence-corrected chi connectivity index (χ4v) is 3.31. The second-order valence-corrected chi connectivity index (χ2v) is 7.44. The molecule has 0 nitrogen and oxygen atoms in total. The molecule has 145 valence electrons. The van der Waals surface area contributed by atoms with E-state index in [-0.39, 0.29) is 0 Å². The Hall–Kier alpha value is -1.30. The molecule has 0 heterocycles. The highest BCUT2D eigenvalue weighted by atomic mass is 14.0. The molecule has 0 saturated carbocycles. The van der Waals surface area contributed by atoms with Crippen LogP contribution in [0, 0.1) is 6.08 Å². The van der Waals surface area contributed by atoms with Crippen molar-refractivity contribution in [1.29, 1.82) is 0 Å². The molecule has 0 unspecified atom stereocenters. The first kappa shape index (κ1) is 22.7. The van der Waals surface area contributed by atoms with Gasteiger partial charge in [0.05, 0.1) is 0 Å². The molecule has 1 rings (SSSR count). The highest BCUT2D eigenvalue weighted by Crippen LogP contribution is 2.13. The second kappa shape index (κ2) is 20.0. The largest absolute Gasteiger partial charge is 0.0845 e. The second-order valence-electron chi connectivity index (χ2n) is 7.44. The zero-order chi connectivity index (χ0) is 18.4. The van der Waals surface area contributed by atoms with Crippen LogP contribution >= 0.6 is 0 Å². The van der Waals surface area contributed by atoms with Crippen LogP contribution in [0.3, 0.4) is 0 Å². The van der Waals surface area contributed by atoms with E-state index in [2.05, 4.69) is 60.8 Å². The zero-order valence-electron chi connectivity index (χ0n) is 17.0. The van der Waals surface area contributed by atoms with Crippen LogP contribution in [0.5, 0.6) is 0 Å². The molecule has 0 amide bonds. The lowest BCUT2D eigenvalue weighted by Crippen LogP contribution is -1.83. The Bertz CT molecular complexity index is 379. The third-order valence-electron chi connectivity index (χ3n) is 4.96. The Labute approximate surface area is 163 Å². The van der Waals surface area contributed by atoms with Crippen molar-refractivity contribution >= 4 is 0 Å². The summed E-state index contributed by atoms with van der Waals surface area (Å²) in [6.07, 6.45) is 44.5. The topological polar surface area (TPSA) is 0 Å². The van der Waals surface area contributed by atoms with E-state index in [1.165, 1.54) is 96.3 Å². The average molecular weight is 354 g/mol. The van der Waals surface area contributed by atoms with Crippen molar-refractivity contribution in [1.82, 2.24) is 0 Å². The Morgan fingerprint density at radius 1 is 0.385 bits per heavy atom. The van der Waals surface area contributed by atoms with E-state index < -0.39 is 0 Å². The van der Waals surface area contributed by atoms with Gasteiger partial charge in [0, 0.05) is 0 Å². The van der Waals surface area contributed by atoms with Gasteiger partial charge < -0.3 is 0 Å². The van der Waals surface area contributed by atoms with Gasteiger partial charge in [-0.05, 0) is 31.8 Å². The fraction of sp³-hybridized carbons (Fsp3) is 0.615. The first-order chi connectivity index (χ1) is 13.0. The molecular formula is C26H41. The van der Waals surface area contributed by atoms with Gasteiger partial charge in [-0.15, -0.1) is 0 Å². The van der Waals surface area contributed by atoms with E-state index >= 15 is 0 Å². The van der Waals surface area contributed by atoms with Gasteiger partial charge in [0.1, 0.15) is 0 Å². The van der Waals surface area contributed by atoms with Crippen molar-refractivity contribution in [2.24, 2.45) is 0 Å². The standard InChI is InChI=1S/C26H41/c1-2-4-6-8-10-12-14-16-18-20-22-24-26-25-23-21-19-17-15-13-11-9-7-5-3-1/h1-9H,10,12-26H2/b3-1-,4-2+,7-5+,8-6+,11-9?. The van der Waals surface area contributed by atoms with Gasteiger partial charge in [0.15, 0.2) is 0 Å². The van der Waals surface area contributed by atoms with Gasteiger partial charge in [0.25, 0.3) is 0 Å². The number of hydrogen-bond donors (Lipinski definition) is 0. The van der Waals surface area contributed by atoms with E-state index in [0.29, 0.717) is 0 Å². The molecule has 0 aromatic rings. The maximum atomic E-state index is 3.37. The average Bonchev–Trinajstić information content (AvgIpc) is 2.65. The Morgan fingerprint density at radius 3 is 1.38 bits per heavy atom. The van der Waals surface area contributed by atoms with E-state index in [1.54, 1.807) is 0 Å². The van der Waals surface area contributed by atoms with Gasteiger partial charge in [-0.3, -0.25) is 0 Å². The molecular weight excluding hydrogens is 312 g/mol. The molecule has 0 fully saturated rings. The van der Waals surface area contributed by atoms with Crippen molar-refractivity contribution < 1.29 is 0 Å². The van der Waals surface area contributed by atoms with Crippen LogP contribution in [0.4, 0.5) is 0 Å². The van der Waals surface area contributed by atoms with Gasteiger partial charge in [-0.25, -0.2) is 0 Å². The number of allylic oxidation sites excluding steroid dienone is 10. The molecule has 0 saturated heterocycles. The summed E-state index contributed by atoms with van der Waals surface area (Å²) in [5, 5.41) is 0. The molecule has 0 aliphatic heterocycles. The minimum atomic E-state index is 1.10. The van der Waals surface area contributed by atoms with Gasteiger partial charge in [0.2, 0.25) is 0 Å². The van der Waals surface area contributed by atoms with Crippen molar-refractivity contribution in [2.45, 2.75) is 103 Å². The third-order valence-corrected chi connectivity index (χ3v) is 4.96. The maximum absolute atomic E-state index is 3.37. The molecule has 0 N–H and O–H groups in total. The number of rotatable bonds is 0. The van der Waals surface area contributed by atoms with Crippen LogP contribution in [0.2, 0.25) is 0 Å². The van der Waals surface area contributed by atoms with E-state index in [9.17, 15) is 0 Å². The predicted molar refractivity (Wildman–Crippen MR) is 118 cm³/mol. The van der Waals surface area contributed by atoms with Crippen molar-refractivity contribution in [3.63, 3.8) is 0 Å². The minimum Gasteiger partial charge on any atom is -0.0845 e. The normalized spacial score (nSPS) is 27.1. The third kappa shape index (κ3) is 17.5. The highest BCUT2D eigenvalue weighted by Gasteiger charge is 1.94. The summed E-state index contributed by atoms with van der Waals surface area (Å²) >= 11 is 0. The summed E-state index contributed by atoms with van der Waals surface area (Å²) in [7, 11) is 0. The molecule has 0 heteroatoms. The van der Waals surface area contributed by atoms with Crippen molar-refractivity contribution in [2.75, 3.05) is 0 Å². The molecule has 0 atom stereocenters. The van der Waals surface area contributed by atoms with Gasteiger partial charge in [-0.1, -0.05) is 132 Å². The van der Waals surface area contributed by atoms with E-state index in [4.69, 9.17) is 0 Å². The fourth-order valence-electron chi connectivity index (χ4n) is 3.31. The summed E-state index contributed by atoms with van der Waals surface area (Å²) in [5.41, 5.74) is 0. The van der Waals surface area contributed by atoms with Gasteiger partial charge in [-0.2, -0.15) is 0 Å². The summed E-state index contributed by atoms with van der Waals surface area (Å²) in [4.78, 5) is 0. The smallest absolute Gasteiger partial charge is 0.0276 e. The molecule has 0 bridgehead atoms. The predicted octanol–water partition coefficient (Wildman–Crippen LogP) is 8.83. The van der Waals surface area contributed by atoms with Gasteiger partial charge >= 0.3 is 0 Å².